The van der Waals surface area contributed by atoms with Crippen LogP contribution in [0.15, 0.2) is 22.8 Å². The second-order valence-electron chi connectivity index (χ2n) is 6.41. The van der Waals surface area contributed by atoms with Crippen molar-refractivity contribution in [1.29, 1.82) is 0 Å². The van der Waals surface area contributed by atoms with Gasteiger partial charge in [-0.05, 0) is 57.1 Å². The Morgan fingerprint density at radius 2 is 1.91 bits per heavy atom. The van der Waals surface area contributed by atoms with Crippen molar-refractivity contribution in [2.24, 2.45) is 0 Å². The van der Waals surface area contributed by atoms with Gasteiger partial charge in [0.15, 0.2) is 0 Å². The summed E-state index contributed by atoms with van der Waals surface area (Å²) < 4.78 is 5.64. The summed E-state index contributed by atoms with van der Waals surface area (Å²) in [6.45, 7) is 7.88. The summed E-state index contributed by atoms with van der Waals surface area (Å²) in [5, 5.41) is 1.07. The van der Waals surface area contributed by atoms with E-state index in [9.17, 15) is 4.79 Å². The number of rotatable bonds is 2. The number of likely N-dealkylation sites (N-methyl/N-ethyl adjacent to an activating group) is 1. The lowest BCUT2D eigenvalue weighted by Crippen LogP contribution is -2.35. The molecule has 1 amide bonds. The van der Waals surface area contributed by atoms with Crippen LogP contribution in [0.25, 0.3) is 11.0 Å². The van der Waals surface area contributed by atoms with Gasteiger partial charge in [-0.3, -0.25) is 4.79 Å². The number of nitrogens with zero attached hydrogens (tertiary/aromatic N) is 2. The number of aryl methyl sites for hydroxylation is 2. The molecule has 1 aliphatic heterocycles. The Bertz CT molecular complexity index is 690. The molecular formula is C18H24N2O2. The number of amides is 1. The summed E-state index contributed by atoms with van der Waals surface area (Å²) in [5.74, 6) is 0.205. The lowest BCUT2D eigenvalue weighted by atomic mass is 10.0. The van der Waals surface area contributed by atoms with Crippen LogP contribution < -0.4 is 0 Å². The quantitative estimate of drug-likeness (QED) is 0.856. The minimum Gasteiger partial charge on any atom is -0.464 e. The van der Waals surface area contributed by atoms with Gasteiger partial charge in [0.25, 0.3) is 0 Å². The highest BCUT2D eigenvalue weighted by atomic mass is 16.3. The van der Waals surface area contributed by atoms with Crippen LogP contribution in [0, 0.1) is 13.8 Å². The standard InChI is InChI=1S/C18H24N2O2/c1-13-9-16-15(12-22-17(16)10-14(13)2)11-18(21)20-6-4-5-19(3)7-8-20/h9-10,12H,4-8,11H2,1-3H3. The number of furan rings is 1. The Balaban J connectivity index is 1.78. The molecule has 4 heteroatoms. The highest BCUT2D eigenvalue weighted by molar-refractivity contribution is 5.88. The molecular weight excluding hydrogens is 276 g/mol. The Labute approximate surface area is 131 Å². The molecule has 0 radical (unpaired) electrons. The predicted octanol–water partition coefficient (Wildman–Crippen LogP) is 2.76. The van der Waals surface area contributed by atoms with Crippen molar-refractivity contribution in [2.75, 3.05) is 33.2 Å². The molecule has 1 fully saturated rings. The van der Waals surface area contributed by atoms with E-state index >= 15 is 0 Å². The first-order valence-corrected chi connectivity index (χ1v) is 7.98. The average Bonchev–Trinajstić information content (AvgIpc) is 2.71. The van der Waals surface area contributed by atoms with Gasteiger partial charge in [0, 0.05) is 30.6 Å². The highest BCUT2D eigenvalue weighted by Gasteiger charge is 2.19. The molecule has 4 nitrogen and oxygen atoms in total. The van der Waals surface area contributed by atoms with Crippen LogP contribution in [-0.2, 0) is 11.2 Å². The van der Waals surface area contributed by atoms with Gasteiger partial charge < -0.3 is 14.2 Å². The number of carbonyl (C=O) groups is 1. The fraction of sp³-hybridized carbons (Fsp3) is 0.500. The number of benzene rings is 1. The fourth-order valence-corrected chi connectivity index (χ4v) is 3.04. The van der Waals surface area contributed by atoms with E-state index in [0.717, 1.165) is 49.1 Å². The van der Waals surface area contributed by atoms with Crippen LogP contribution in [-0.4, -0.2) is 48.9 Å². The summed E-state index contributed by atoms with van der Waals surface area (Å²) in [6.07, 6.45) is 3.22. The van der Waals surface area contributed by atoms with E-state index in [1.807, 2.05) is 4.90 Å². The highest BCUT2D eigenvalue weighted by Crippen LogP contribution is 2.25. The second-order valence-corrected chi connectivity index (χ2v) is 6.41. The first-order chi connectivity index (χ1) is 10.5. The van der Waals surface area contributed by atoms with Crippen molar-refractivity contribution < 1.29 is 9.21 Å². The van der Waals surface area contributed by atoms with Crippen molar-refractivity contribution in [3.05, 3.63) is 35.1 Å². The third kappa shape index (κ3) is 3.02. The summed E-state index contributed by atoms with van der Waals surface area (Å²) in [7, 11) is 2.11. The van der Waals surface area contributed by atoms with Crippen molar-refractivity contribution in [2.45, 2.75) is 26.7 Å². The lowest BCUT2D eigenvalue weighted by molar-refractivity contribution is -0.130. The van der Waals surface area contributed by atoms with Crippen LogP contribution in [0.3, 0.4) is 0 Å². The minimum atomic E-state index is 0.205. The number of hydrogen-bond acceptors (Lipinski definition) is 3. The van der Waals surface area contributed by atoms with Gasteiger partial charge >= 0.3 is 0 Å². The third-order valence-electron chi connectivity index (χ3n) is 4.68. The molecule has 1 aromatic heterocycles. The second kappa shape index (κ2) is 6.13. The zero-order valence-electron chi connectivity index (χ0n) is 13.7. The maximum Gasteiger partial charge on any atom is 0.227 e. The first-order valence-electron chi connectivity index (χ1n) is 7.98. The lowest BCUT2D eigenvalue weighted by Gasteiger charge is -2.20. The van der Waals surface area contributed by atoms with Crippen LogP contribution in [0.5, 0.6) is 0 Å². The minimum absolute atomic E-state index is 0.205. The molecule has 0 aliphatic carbocycles. The van der Waals surface area contributed by atoms with E-state index in [2.05, 4.69) is 37.9 Å². The van der Waals surface area contributed by atoms with Crippen LogP contribution in [0.1, 0.15) is 23.1 Å². The molecule has 0 unspecified atom stereocenters. The Hall–Kier alpha value is -1.81. The SMILES string of the molecule is Cc1cc2occ(CC(=O)N3CCCN(C)CC3)c2cc1C. The molecule has 0 bridgehead atoms. The molecule has 3 rings (SSSR count). The fourth-order valence-electron chi connectivity index (χ4n) is 3.04. The smallest absolute Gasteiger partial charge is 0.227 e. The molecule has 2 heterocycles. The molecule has 1 aromatic carbocycles. The zero-order chi connectivity index (χ0) is 15.7. The topological polar surface area (TPSA) is 36.7 Å². The molecule has 0 atom stereocenters. The van der Waals surface area contributed by atoms with Crippen molar-refractivity contribution in [3.63, 3.8) is 0 Å². The van der Waals surface area contributed by atoms with Gasteiger partial charge in [0.05, 0.1) is 12.7 Å². The average molecular weight is 300 g/mol. The maximum atomic E-state index is 12.6. The monoisotopic (exact) mass is 300 g/mol. The molecule has 1 saturated heterocycles. The summed E-state index contributed by atoms with van der Waals surface area (Å²) in [5.41, 5.74) is 4.33. The third-order valence-corrected chi connectivity index (χ3v) is 4.68. The number of hydrogen-bond donors (Lipinski definition) is 0. The van der Waals surface area contributed by atoms with E-state index in [-0.39, 0.29) is 5.91 Å². The van der Waals surface area contributed by atoms with Gasteiger partial charge in [0.1, 0.15) is 5.58 Å². The van der Waals surface area contributed by atoms with Crippen molar-refractivity contribution in [1.82, 2.24) is 9.80 Å². The van der Waals surface area contributed by atoms with E-state index < -0.39 is 0 Å². The van der Waals surface area contributed by atoms with Gasteiger partial charge in [0.2, 0.25) is 5.91 Å². The molecule has 2 aromatic rings. The Morgan fingerprint density at radius 3 is 2.73 bits per heavy atom. The first kappa shape index (κ1) is 15.1. The van der Waals surface area contributed by atoms with E-state index in [1.165, 1.54) is 11.1 Å². The predicted molar refractivity (Wildman–Crippen MR) is 88.1 cm³/mol. The van der Waals surface area contributed by atoms with Crippen LogP contribution in [0.2, 0.25) is 0 Å². The summed E-state index contributed by atoms with van der Waals surface area (Å²) >= 11 is 0. The van der Waals surface area contributed by atoms with Crippen molar-refractivity contribution >= 4 is 16.9 Å². The van der Waals surface area contributed by atoms with Gasteiger partial charge in [-0.25, -0.2) is 0 Å². The van der Waals surface area contributed by atoms with Crippen LogP contribution >= 0.6 is 0 Å². The Kier molecular flexibility index (Phi) is 4.21. The summed E-state index contributed by atoms with van der Waals surface area (Å²) in [6, 6.07) is 4.19. The maximum absolute atomic E-state index is 12.6. The Morgan fingerprint density at radius 1 is 1.14 bits per heavy atom. The molecule has 1 aliphatic rings. The van der Waals surface area contributed by atoms with Crippen LogP contribution in [0.4, 0.5) is 0 Å². The van der Waals surface area contributed by atoms with E-state index in [0.29, 0.717) is 6.42 Å². The van der Waals surface area contributed by atoms with Gasteiger partial charge in [-0.1, -0.05) is 0 Å². The zero-order valence-corrected chi connectivity index (χ0v) is 13.7. The molecule has 118 valence electrons. The largest absolute Gasteiger partial charge is 0.464 e. The molecule has 0 saturated carbocycles. The van der Waals surface area contributed by atoms with Gasteiger partial charge in [-0.15, -0.1) is 0 Å². The molecule has 0 N–H and O–H groups in total. The number of fused-ring (bicyclic) bond motifs is 1. The summed E-state index contributed by atoms with van der Waals surface area (Å²) in [4.78, 5) is 16.9. The van der Waals surface area contributed by atoms with E-state index in [4.69, 9.17) is 4.42 Å². The molecule has 22 heavy (non-hydrogen) atoms. The van der Waals surface area contributed by atoms with Gasteiger partial charge in [-0.2, -0.15) is 0 Å². The van der Waals surface area contributed by atoms with E-state index in [1.54, 1.807) is 6.26 Å². The normalized spacial score (nSPS) is 17.0. The number of carbonyl (C=O) groups excluding carboxylic acids is 1. The van der Waals surface area contributed by atoms with Crippen molar-refractivity contribution in [3.8, 4) is 0 Å². The molecule has 0 spiro atoms.